The van der Waals surface area contributed by atoms with E-state index < -0.39 is 20.9 Å². The molecular formula is C19H21N3O6S. The van der Waals surface area contributed by atoms with Gasteiger partial charge < -0.3 is 10.1 Å². The molecule has 0 aliphatic carbocycles. The first-order valence-electron chi connectivity index (χ1n) is 8.98. The van der Waals surface area contributed by atoms with Gasteiger partial charge in [-0.05, 0) is 55.7 Å². The van der Waals surface area contributed by atoms with E-state index in [9.17, 15) is 23.3 Å². The molecule has 2 aromatic carbocycles. The minimum atomic E-state index is -3.36. The Morgan fingerprint density at radius 2 is 1.97 bits per heavy atom. The summed E-state index contributed by atoms with van der Waals surface area (Å²) in [6.07, 6.45) is 1.42. The number of nitrogens with one attached hydrogen (secondary N) is 1. The fourth-order valence-corrected chi connectivity index (χ4v) is 4.93. The maximum atomic E-state index is 12.6. The molecule has 2 aromatic rings. The fraction of sp³-hybridized carbons (Fsp3) is 0.316. The summed E-state index contributed by atoms with van der Waals surface area (Å²) >= 11 is 0. The lowest BCUT2D eigenvalue weighted by atomic mass is 10.1. The Bertz CT molecular complexity index is 1070. The van der Waals surface area contributed by atoms with Crippen LogP contribution in [0.15, 0.2) is 36.4 Å². The Balaban J connectivity index is 1.86. The maximum Gasteiger partial charge on any atom is 0.296 e. The van der Waals surface area contributed by atoms with E-state index in [1.807, 2.05) is 0 Å². The first kappa shape index (κ1) is 20.6. The third-order valence-electron chi connectivity index (χ3n) is 4.73. The van der Waals surface area contributed by atoms with Gasteiger partial charge in [0.2, 0.25) is 10.0 Å². The fourth-order valence-electron chi connectivity index (χ4n) is 3.23. The summed E-state index contributed by atoms with van der Waals surface area (Å²) < 4.78 is 31.0. The van der Waals surface area contributed by atoms with Crippen molar-refractivity contribution in [2.45, 2.75) is 19.8 Å². The van der Waals surface area contributed by atoms with E-state index in [4.69, 9.17) is 4.74 Å². The number of aryl methyl sites for hydroxylation is 1. The number of nitro benzene ring substituents is 1. The molecule has 1 aliphatic heterocycles. The molecule has 29 heavy (non-hydrogen) atoms. The molecule has 0 atom stereocenters. The number of nitro groups is 1. The number of nitrogens with zero attached hydrogens (tertiary/aromatic N) is 2. The molecule has 1 amide bonds. The molecule has 0 aromatic heterocycles. The number of carbonyl (C=O) groups is 1. The van der Waals surface area contributed by atoms with E-state index >= 15 is 0 Å². The molecule has 9 nitrogen and oxygen atoms in total. The average Bonchev–Trinajstić information content (AvgIpc) is 2.68. The largest absolute Gasteiger partial charge is 0.496 e. The molecule has 0 bridgehead atoms. The third-order valence-corrected chi connectivity index (χ3v) is 6.58. The van der Waals surface area contributed by atoms with Gasteiger partial charge >= 0.3 is 0 Å². The van der Waals surface area contributed by atoms with Gasteiger partial charge in [-0.25, -0.2) is 8.42 Å². The number of anilines is 2. The van der Waals surface area contributed by atoms with Crippen LogP contribution in [0.1, 0.15) is 28.8 Å². The second kappa shape index (κ2) is 8.08. The molecule has 10 heteroatoms. The predicted octanol–water partition coefficient (Wildman–Crippen LogP) is 3.09. The summed E-state index contributed by atoms with van der Waals surface area (Å²) in [7, 11) is -1.96. The zero-order valence-corrected chi connectivity index (χ0v) is 16.9. The maximum absolute atomic E-state index is 12.6. The number of carbonyl (C=O) groups excluding carboxylic acids is 1. The quantitative estimate of drug-likeness (QED) is 0.588. The number of amides is 1. The molecule has 1 heterocycles. The van der Waals surface area contributed by atoms with Crippen molar-refractivity contribution in [3.05, 3.63) is 57.6 Å². The smallest absolute Gasteiger partial charge is 0.296 e. The molecular weight excluding hydrogens is 398 g/mol. The molecule has 0 unspecified atom stereocenters. The highest BCUT2D eigenvalue weighted by atomic mass is 32.2. The molecule has 1 N–H and O–H groups in total. The molecule has 0 saturated carbocycles. The van der Waals surface area contributed by atoms with E-state index in [0.29, 0.717) is 30.0 Å². The predicted molar refractivity (Wildman–Crippen MR) is 109 cm³/mol. The summed E-state index contributed by atoms with van der Waals surface area (Å²) in [6, 6.07) is 8.82. The van der Waals surface area contributed by atoms with Gasteiger partial charge in [0.05, 0.1) is 29.5 Å². The lowest BCUT2D eigenvalue weighted by Crippen LogP contribution is -2.38. The minimum absolute atomic E-state index is 0.0427. The number of rotatable bonds is 5. The number of benzene rings is 2. The van der Waals surface area contributed by atoms with E-state index in [-0.39, 0.29) is 22.7 Å². The molecule has 0 radical (unpaired) electrons. The van der Waals surface area contributed by atoms with Crippen molar-refractivity contribution in [2.75, 3.05) is 29.0 Å². The Morgan fingerprint density at radius 3 is 2.59 bits per heavy atom. The summed E-state index contributed by atoms with van der Waals surface area (Å²) in [6.45, 7) is 2.14. The van der Waals surface area contributed by atoms with Crippen molar-refractivity contribution in [3.63, 3.8) is 0 Å². The van der Waals surface area contributed by atoms with Crippen LogP contribution >= 0.6 is 0 Å². The monoisotopic (exact) mass is 419 g/mol. The number of hydrogen-bond donors (Lipinski definition) is 1. The highest BCUT2D eigenvalue weighted by molar-refractivity contribution is 7.92. The summed E-state index contributed by atoms with van der Waals surface area (Å²) in [4.78, 5) is 23.3. The first-order chi connectivity index (χ1) is 13.7. The third kappa shape index (κ3) is 4.32. The van der Waals surface area contributed by atoms with Crippen LogP contribution in [-0.2, 0) is 10.0 Å². The van der Waals surface area contributed by atoms with Gasteiger partial charge in [0.1, 0.15) is 11.4 Å². The van der Waals surface area contributed by atoms with Crippen molar-refractivity contribution in [2.24, 2.45) is 0 Å². The normalized spacial score (nSPS) is 15.6. The number of sulfonamides is 1. The summed E-state index contributed by atoms with van der Waals surface area (Å²) in [5, 5.41) is 13.8. The molecule has 1 fully saturated rings. The van der Waals surface area contributed by atoms with E-state index in [0.717, 1.165) is 6.42 Å². The van der Waals surface area contributed by atoms with Crippen molar-refractivity contribution in [1.29, 1.82) is 0 Å². The van der Waals surface area contributed by atoms with Crippen LogP contribution in [-0.4, -0.2) is 38.7 Å². The van der Waals surface area contributed by atoms with Gasteiger partial charge in [-0.3, -0.25) is 19.2 Å². The second-order valence-electron chi connectivity index (χ2n) is 6.69. The van der Waals surface area contributed by atoms with Crippen LogP contribution in [0.2, 0.25) is 0 Å². The number of ether oxygens (including phenoxy) is 1. The zero-order chi connectivity index (χ0) is 21.2. The molecule has 1 aliphatic rings. The Hall–Kier alpha value is -3.14. The van der Waals surface area contributed by atoms with Crippen LogP contribution < -0.4 is 14.4 Å². The van der Waals surface area contributed by atoms with Crippen LogP contribution in [0.25, 0.3) is 0 Å². The van der Waals surface area contributed by atoms with E-state index in [2.05, 4.69) is 5.32 Å². The summed E-state index contributed by atoms with van der Waals surface area (Å²) in [5.74, 6) is -0.123. The molecule has 1 saturated heterocycles. The van der Waals surface area contributed by atoms with E-state index in [1.54, 1.807) is 19.1 Å². The topological polar surface area (TPSA) is 119 Å². The lowest BCUT2D eigenvalue weighted by Gasteiger charge is -2.29. The molecule has 3 rings (SSSR count). The van der Waals surface area contributed by atoms with Crippen LogP contribution in [0, 0.1) is 17.0 Å². The van der Waals surface area contributed by atoms with Crippen molar-refractivity contribution in [3.8, 4) is 5.75 Å². The van der Waals surface area contributed by atoms with Crippen LogP contribution in [0.5, 0.6) is 5.75 Å². The van der Waals surface area contributed by atoms with E-state index in [1.165, 1.54) is 35.7 Å². The minimum Gasteiger partial charge on any atom is -0.496 e. The average molecular weight is 419 g/mol. The highest BCUT2D eigenvalue weighted by Crippen LogP contribution is 2.31. The zero-order valence-electron chi connectivity index (χ0n) is 16.0. The van der Waals surface area contributed by atoms with Gasteiger partial charge in [0.15, 0.2) is 0 Å². The Kier molecular flexibility index (Phi) is 5.73. The van der Waals surface area contributed by atoms with Gasteiger partial charge in [0, 0.05) is 12.1 Å². The van der Waals surface area contributed by atoms with Crippen LogP contribution in [0.4, 0.5) is 17.1 Å². The van der Waals surface area contributed by atoms with Crippen molar-refractivity contribution >= 4 is 33.0 Å². The number of hydrogen-bond acceptors (Lipinski definition) is 6. The standard InChI is InChI=1S/C19H21N3O6S/c1-13-11-14(5-8-17(13)21-9-3-4-10-29(21,26)27)19(23)20-16-7-6-15(28-2)12-18(16)22(24)25/h5-8,11-12H,3-4,9-10H2,1-2H3,(H,20,23). The second-order valence-corrected chi connectivity index (χ2v) is 8.70. The van der Waals surface area contributed by atoms with Gasteiger partial charge in [-0.1, -0.05) is 0 Å². The Morgan fingerprint density at radius 1 is 1.21 bits per heavy atom. The molecule has 0 spiro atoms. The molecule has 154 valence electrons. The highest BCUT2D eigenvalue weighted by Gasteiger charge is 2.27. The summed E-state index contributed by atoms with van der Waals surface area (Å²) in [5.41, 5.74) is 1.20. The van der Waals surface area contributed by atoms with Crippen LogP contribution in [0.3, 0.4) is 0 Å². The first-order valence-corrected chi connectivity index (χ1v) is 10.6. The van der Waals surface area contributed by atoms with Gasteiger partial charge in [-0.15, -0.1) is 0 Å². The Labute approximate surface area is 168 Å². The number of methoxy groups -OCH3 is 1. The lowest BCUT2D eigenvalue weighted by molar-refractivity contribution is -0.384. The van der Waals surface area contributed by atoms with Crippen molar-refractivity contribution < 1.29 is 22.9 Å². The SMILES string of the molecule is COc1ccc(NC(=O)c2ccc(N3CCCCS3(=O)=O)c(C)c2)c([N+](=O)[O-])c1. The van der Waals surface area contributed by atoms with Gasteiger partial charge in [-0.2, -0.15) is 0 Å². The van der Waals surface area contributed by atoms with Gasteiger partial charge in [0.25, 0.3) is 11.6 Å². The van der Waals surface area contributed by atoms with Crippen molar-refractivity contribution in [1.82, 2.24) is 0 Å².